The van der Waals surface area contributed by atoms with Crippen molar-refractivity contribution in [3.8, 4) is 0 Å². The van der Waals surface area contributed by atoms with E-state index in [-0.39, 0.29) is 5.91 Å². The molecular weight excluding hydrogens is 246 g/mol. The van der Waals surface area contributed by atoms with Gasteiger partial charge in [-0.2, -0.15) is 5.10 Å². The number of hydrogen-bond acceptors (Lipinski definition) is 4. The van der Waals surface area contributed by atoms with E-state index in [1.807, 2.05) is 0 Å². The van der Waals surface area contributed by atoms with Gasteiger partial charge in [0.05, 0.1) is 11.8 Å². The minimum Gasteiger partial charge on any atom is -0.458 e. The first-order chi connectivity index (χ1) is 8.61. The number of rotatable bonds is 3. The van der Waals surface area contributed by atoms with Crippen molar-refractivity contribution in [1.29, 1.82) is 0 Å². The average molecular weight is 267 g/mol. The zero-order valence-electron chi connectivity index (χ0n) is 12.3. The molecule has 0 spiro atoms. The van der Waals surface area contributed by atoms with Crippen molar-refractivity contribution in [3.05, 3.63) is 17.5 Å². The van der Waals surface area contributed by atoms with E-state index in [4.69, 9.17) is 4.74 Å². The molecule has 0 saturated carbocycles. The molecule has 1 rings (SSSR count). The number of carbonyl (C=O) groups is 2. The summed E-state index contributed by atoms with van der Waals surface area (Å²) in [4.78, 5) is 23.7. The SMILES string of the molecule is Cc1c(C(=O)N[C@@H](C)C(=O)OC(C)(C)C)cnn1C. The first kappa shape index (κ1) is 15.2. The van der Waals surface area contributed by atoms with Gasteiger partial charge in [-0.25, -0.2) is 4.79 Å². The van der Waals surface area contributed by atoms with Crippen LogP contribution in [0, 0.1) is 6.92 Å². The zero-order chi connectivity index (χ0) is 14.8. The average Bonchev–Trinajstić information content (AvgIpc) is 2.57. The number of aryl methyl sites for hydroxylation is 1. The molecule has 0 aromatic carbocycles. The predicted molar refractivity (Wildman–Crippen MR) is 70.7 cm³/mol. The molecule has 106 valence electrons. The molecule has 0 fully saturated rings. The maximum atomic E-state index is 12.0. The van der Waals surface area contributed by atoms with Crippen LogP contribution in [-0.4, -0.2) is 33.3 Å². The second kappa shape index (κ2) is 5.42. The topological polar surface area (TPSA) is 73.2 Å². The Morgan fingerprint density at radius 2 is 2.00 bits per heavy atom. The number of nitrogens with one attached hydrogen (secondary N) is 1. The Kier molecular flexibility index (Phi) is 4.34. The minimum absolute atomic E-state index is 0.330. The van der Waals surface area contributed by atoms with Crippen molar-refractivity contribution >= 4 is 11.9 Å². The van der Waals surface area contributed by atoms with E-state index in [9.17, 15) is 9.59 Å². The molecule has 1 aromatic heterocycles. The van der Waals surface area contributed by atoms with Crippen LogP contribution in [0.25, 0.3) is 0 Å². The Hall–Kier alpha value is -1.85. The lowest BCUT2D eigenvalue weighted by Crippen LogP contribution is -2.42. The largest absolute Gasteiger partial charge is 0.458 e. The summed E-state index contributed by atoms with van der Waals surface area (Å²) in [6, 6.07) is -0.702. The first-order valence-corrected chi connectivity index (χ1v) is 6.14. The van der Waals surface area contributed by atoms with Crippen molar-refractivity contribution in [2.24, 2.45) is 7.05 Å². The van der Waals surface area contributed by atoms with Gasteiger partial charge >= 0.3 is 5.97 Å². The van der Waals surface area contributed by atoms with E-state index in [2.05, 4.69) is 10.4 Å². The van der Waals surface area contributed by atoms with E-state index in [1.165, 1.54) is 6.20 Å². The normalized spacial score (nSPS) is 12.9. The van der Waals surface area contributed by atoms with E-state index >= 15 is 0 Å². The van der Waals surface area contributed by atoms with Crippen LogP contribution in [0.4, 0.5) is 0 Å². The summed E-state index contributed by atoms with van der Waals surface area (Å²) in [5.74, 6) is -0.786. The Labute approximate surface area is 113 Å². The maximum absolute atomic E-state index is 12.0. The second-order valence-corrected chi connectivity index (χ2v) is 5.50. The summed E-state index contributed by atoms with van der Waals surface area (Å²) in [6.07, 6.45) is 1.48. The van der Waals surface area contributed by atoms with Crippen LogP contribution in [0.5, 0.6) is 0 Å². The third-order valence-electron chi connectivity index (χ3n) is 2.59. The third-order valence-corrected chi connectivity index (χ3v) is 2.59. The number of hydrogen-bond donors (Lipinski definition) is 1. The zero-order valence-corrected chi connectivity index (χ0v) is 12.3. The van der Waals surface area contributed by atoms with Crippen LogP contribution in [0.2, 0.25) is 0 Å². The standard InChI is InChI=1S/C13H21N3O3/c1-8(12(18)19-13(3,4)5)15-11(17)10-7-14-16(6)9(10)2/h7-8H,1-6H3,(H,15,17)/t8-/m0/s1. The molecule has 0 unspecified atom stereocenters. The molecule has 0 radical (unpaired) electrons. The van der Waals surface area contributed by atoms with E-state index in [0.29, 0.717) is 5.56 Å². The van der Waals surface area contributed by atoms with E-state index in [1.54, 1.807) is 46.3 Å². The van der Waals surface area contributed by atoms with Crippen molar-refractivity contribution in [2.75, 3.05) is 0 Å². The summed E-state index contributed by atoms with van der Waals surface area (Å²) in [7, 11) is 1.75. The van der Waals surface area contributed by atoms with Crippen molar-refractivity contribution in [1.82, 2.24) is 15.1 Å². The molecule has 6 nitrogen and oxygen atoms in total. The summed E-state index contributed by atoms with van der Waals surface area (Å²) in [5, 5.41) is 6.59. The number of nitrogens with zero attached hydrogens (tertiary/aromatic N) is 2. The van der Waals surface area contributed by atoms with Gasteiger partial charge < -0.3 is 10.1 Å². The van der Waals surface area contributed by atoms with Crippen LogP contribution in [0.1, 0.15) is 43.7 Å². The highest BCUT2D eigenvalue weighted by Crippen LogP contribution is 2.09. The molecule has 19 heavy (non-hydrogen) atoms. The molecule has 1 N–H and O–H groups in total. The van der Waals surface area contributed by atoms with Gasteiger partial charge in [0.2, 0.25) is 0 Å². The lowest BCUT2D eigenvalue weighted by Gasteiger charge is -2.22. The molecule has 0 saturated heterocycles. The van der Waals surface area contributed by atoms with Crippen LogP contribution < -0.4 is 5.32 Å². The number of amides is 1. The van der Waals surface area contributed by atoms with Gasteiger partial charge in [0.1, 0.15) is 11.6 Å². The van der Waals surface area contributed by atoms with Gasteiger partial charge in [-0.1, -0.05) is 0 Å². The van der Waals surface area contributed by atoms with Crippen molar-refractivity contribution in [3.63, 3.8) is 0 Å². The molecule has 0 aliphatic rings. The monoisotopic (exact) mass is 267 g/mol. The molecule has 0 aliphatic heterocycles. The van der Waals surface area contributed by atoms with Gasteiger partial charge in [0.25, 0.3) is 5.91 Å². The minimum atomic E-state index is -0.702. The van der Waals surface area contributed by atoms with E-state index in [0.717, 1.165) is 5.69 Å². The fourth-order valence-electron chi connectivity index (χ4n) is 1.45. The Morgan fingerprint density at radius 3 is 2.42 bits per heavy atom. The highest BCUT2D eigenvalue weighted by atomic mass is 16.6. The summed E-state index contributed by atoms with van der Waals surface area (Å²) in [6.45, 7) is 8.73. The van der Waals surface area contributed by atoms with Crippen LogP contribution >= 0.6 is 0 Å². The van der Waals surface area contributed by atoms with Gasteiger partial charge in [-0.05, 0) is 34.6 Å². The summed E-state index contributed by atoms with van der Waals surface area (Å²) < 4.78 is 6.80. The summed E-state index contributed by atoms with van der Waals surface area (Å²) >= 11 is 0. The highest BCUT2D eigenvalue weighted by molar-refractivity contribution is 5.97. The molecule has 0 bridgehead atoms. The van der Waals surface area contributed by atoms with Crippen LogP contribution in [-0.2, 0) is 16.6 Å². The number of esters is 1. The number of carbonyl (C=O) groups excluding carboxylic acids is 2. The fourth-order valence-corrected chi connectivity index (χ4v) is 1.45. The lowest BCUT2D eigenvalue weighted by atomic mass is 10.2. The number of ether oxygens (including phenoxy) is 1. The number of aromatic nitrogens is 2. The second-order valence-electron chi connectivity index (χ2n) is 5.50. The van der Waals surface area contributed by atoms with Gasteiger partial charge in [-0.3, -0.25) is 9.48 Å². The first-order valence-electron chi connectivity index (χ1n) is 6.14. The predicted octanol–water partition coefficient (Wildman–Crippen LogP) is 1.19. The van der Waals surface area contributed by atoms with Gasteiger partial charge in [0, 0.05) is 12.7 Å². The Balaban J connectivity index is 2.67. The fraction of sp³-hybridized carbons (Fsp3) is 0.615. The summed E-state index contributed by atoms with van der Waals surface area (Å²) in [5.41, 5.74) is 0.632. The molecule has 1 aromatic rings. The maximum Gasteiger partial charge on any atom is 0.328 e. The molecule has 0 aliphatic carbocycles. The van der Waals surface area contributed by atoms with Crippen LogP contribution in [0.3, 0.4) is 0 Å². The van der Waals surface area contributed by atoms with Gasteiger partial charge in [0.15, 0.2) is 0 Å². The third kappa shape index (κ3) is 4.08. The molecule has 6 heteroatoms. The molecule has 1 amide bonds. The van der Waals surface area contributed by atoms with Gasteiger partial charge in [-0.15, -0.1) is 0 Å². The van der Waals surface area contributed by atoms with Crippen LogP contribution in [0.15, 0.2) is 6.20 Å². The Morgan fingerprint density at radius 1 is 1.42 bits per heavy atom. The highest BCUT2D eigenvalue weighted by Gasteiger charge is 2.24. The quantitative estimate of drug-likeness (QED) is 0.835. The molecule has 1 atom stereocenters. The lowest BCUT2D eigenvalue weighted by molar-refractivity contribution is -0.156. The smallest absolute Gasteiger partial charge is 0.328 e. The molecular formula is C13H21N3O3. The molecule has 1 heterocycles. The Bertz CT molecular complexity index is 486. The van der Waals surface area contributed by atoms with Crippen molar-refractivity contribution < 1.29 is 14.3 Å². The van der Waals surface area contributed by atoms with E-state index < -0.39 is 17.6 Å². The van der Waals surface area contributed by atoms with Crippen molar-refractivity contribution in [2.45, 2.75) is 46.3 Å².